The zero-order chi connectivity index (χ0) is 16.4. The zero-order valence-electron chi connectivity index (χ0n) is 12.4. The van der Waals surface area contributed by atoms with E-state index in [1.807, 2.05) is 18.2 Å². The third kappa shape index (κ3) is 2.78. The minimum absolute atomic E-state index is 0.00503. The number of methoxy groups -OCH3 is 1. The van der Waals surface area contributed by atoms with Gasteiger partial charge in [-0.25, -0.2) is 4.79 Å². The van der Waals surface area contributed by atoms with Gasteiger partial charge in [0, 0.05) is 28.9 Å². The fraction of sp³-hybridized carbons (Fsp3) is 0.118. The van der Waals surface area contributed by atoms with Gasteiger partial charge in [0.25, 0.3) is 0 Å². The maximum Gasteiger partial charge on any atom is 0.379 e. The van der Waals surface area contributed by atoms with Crippen molar-refractivity contribution in [2.75, 3.05) is 7.11 Å². The molecule has 6 nitrogen and oxygen atoms in total. The van der Waals surface area contributed by atoms with E-state index in [0.717, 1.165) is 11.1 Å². The Balaban J connectivity index is 2.25. The van der Waals surface area contributed by atoms with Crippen LogP contribution >= 0.6 is 0 Å². The molecule has 0 aliphatic carbocycles. The minimum Gasteiger partial charge on any atom is -0.490 e. The molecule has 3 rings (SSSR count). The minimum atomic E-state index is -0.639. The number of carbonyl (C=O) groups excluding carboxylic acids is 1. The molecule has 0 spiro atoms. The Morgan fingerprint density at radius 2 is 2.13 bits per heavy atom. The Kier molecular flexibility index (Phi) is 3.80. The third-order valence-electron chi connectivity index (χ3n) is 3.52. The molecule has 1 aromatic carbocycles. The van der Waals surface area contributed by atoms with Crippen molar-refractivity contribution >= 4 is 16.9 Å². The molecule has 2 heterocycles. The van der Waals surface area contributed by atoms with Crippen molar-refractivity contribution in [1.29, 1.82) is 0 Å². The fourth-order valence-corrected chi connectivity index (χ4v) is 2.52. The van der Waals surface area contributed by atoms with Crippen LogP contribution in [0.5, 0.6) is 5.75 Å². The first kappa shape index (κ1) is 14.8. The Hall–Kier alpha value is -3.15. The second-order valence-corrected chi connectivity index (χ2v) is 5.00. The van der Waals surface area contributed by atoms with E-state index in [2.05, 4.69) is 4.98 Å². The molecular weight excluding hydrogens is 296 g/mol. The van der Waals surface area contributed by atoms with Gasteiger partial charge in [-0.3, -0.25) is 9.78 Å². The van der Waals surface area contributed by atoms with Crippen molar-refractivity contribution in [1.82, 2.24) is 4.98 Å². The molecule has 0 aliphatic heterocycles. The van der Waals surface area contributed by atoms with E-state index >= 15 is 0 Å². The number of primary amides is 1. The smallest absolute Gasteiger partial charge is 0.379 e. The van der Waals surface area contributed by atoms with Crippen molar-refractivity contribution in [2.45, 2.75) is 6.42 Å². The number of benzene rings is 1. The lowest BCUT2D eigenvalue weighted by Crippen LogP contribution is -2.17. The normalized spacial score (nSPS) is 10.7. The second-order valence-electron chi connectivity index (χ2n) is 5.00. The lowest BCUT2D eigenvalue weighted by Gasteiger charge is -2.10. The summed E-state index contributed by atoms with van der Waals surface area (Å²) >= 11 is 0. The number of aromatic nitrogens is 1. The molecule has 6 heteroatoms. The van der Waals surface area contributed by atoms with Crippen LogP contribution in [0.2, 0.25) is 0 Å². The first-order valence-electron chi connectivity index (χ1n) is 6.92. The summed E-state index contributed by atoms with van der Waals surface area (Å²) in [5.74, 6) is -0.544. The van der Waals surface area contributed by atoms with Crippen LogP contribution < -0.4 is 16.1 Å². The van der Waals surface area contributed by atoms with Gasteiger partial charge < -0.3 is 14.9 Å². The van der Waals surface area contributed by atoms with Crippen molar-refractivity contribution in [3.8, 4) is 16.9 Å². The Bertz CT molecular complexity index is 932. The molecule has 0 fully saturated rings. The monoisotopic (exact) mass is 310 g/mol. The van der Waals surface area contributed by atoms with Crippen molar-refractivity contribution in [3.05, 3.63) is 58.7 Å². The van der Waals surface area contributed by atoms with Gasteiger partial charge in [0.1, 0.15) is 5.58 Å². The van der Waals surface area contributed by atoms with Gasteiger partial charge in [0.2, 0.25) is 11.7 Å². The van der Waals surface area contributed by atoms with E-state index in [4.69, 9.17) is 14.9 Å². The molecule has 0 bridgehead atoms. The van der Waals surface area contributed by atoms with Crippen molar-refractivity contribution in [2.24, 2.45) is 5.73 Å². The average molecular weight is 310 g/mol. The Morgan fingerprint density at radius 3 is 2.78 bits per heavy atom. The summed E-state index contributed by atoms with van der Waals surface area (Å²) in [4.78, 5) is 27.4. The lowest BCUT2D eigenvalue weighted by atomic mass is 10.0. The topological polar surface area (TPSA) is 95.4 Å². The summed E-state index contributed by atoms with van der Waals surface area (Å²) in [5.41, 5.74) is 7.18. The Morgan fingerprint density at radius 1 is 1.30 bits per heavy atom. The van der Waals surface area contributed by atoms with Crippen LogP contribution in [0.25, 0.3) is 22.1 Å². The van der Waals surface area contributed by atoms with Gasteiger partial charge in [0.05, 0.1) is 13.5 Å². The first-order valence-corrected chi connectivity index (χ1v) is 6.92. The number of fused-ring (bicyclic) bond motifs is 1. The van der Waals surface area contributed by atoms with Crippen LogP contribution in [-0.4, -0.2) is 18.0 Å². The van der Waals surface area contributed by atoms with Crippen LogP contribution in [0.15, 0.2) is 51.9 Å². The molecule has 3 aromatic rings. The van der Waals surface area contributed by atoms with Crippen LogP contribution in [0.1, 0.15) is 5.56 Å². The van der Waals surface area contributed by atoms with E-state index < -0.39 is 11.5 Å². The predicted octanol–water partition coefficient (Wildman–Crippen LogP) is 1.89. The van der Waals surface area contributed by atoms with E-state index in [-0.39, 0.29) is 12.2 Å². The highest BCUT2D eigenvalue weighted by Gasteiger charge is 2.17. The van der Waals surface area contributed by atoms with E-state index in [1.54, 1.807) is 24.5 Å². The molecule has 116 valence electrons. The SMILES string of the molecule is COc1c(CC(N)=O)c2ccc(-c3cccnc3)cc2oc1=O. The predicted molar refractivity (Wildman–Crippen MR) is 85.2 cm³/mol. The van der Waals surface area contributed by atoms with Crippen molar-refractivity contribution in [3.63, 3.8) is 0 Å². The highest BCUT2D eigenvalue weighted by molar-refractivity contribution is 5.90. The van der Waals surface area contributed by atoms with Gasteiger partial charge >= 0.3 is 5.63 Å². The van der Waals surface area contributed by atoms with Crippen LogP contribution in [0, 0.1) is 0 Å². The summed E-state index contributed by atoms with van der Waals surface area (Å²) in [6, 6.07) is 9.10. The molecule has 23 heavy (non-hydrogen) atoms. The number of nitrogens with zero attached hydrogens (tertiary/aromatic N) is 1. The first-order chi connectivity index (χ1) is 11.1. The highest BCUT2D eigenvalue weighted by Crippen LogP contribution is 2.29. The molecular formula is C17H14N2O4. The number of hydrogen-bond donors (Lipinski definition) is 1. The van der Waals surface area contributed by atoms with Crippen molar-refractivity contribution < 1.29 is 13.9 Å². The molecule has 0 saturated heterocycles. The van der Waals surface area contributed by atoms with E-state index in [0.29, 0.717) is 16.5 Å². The van der Waals surface area contributed by atoms with Gasteiger partial charge in [-0.2, -0.15) is 0 Å². The highest BCUT2D eigenvalue weighted by atomic mass is 16.5. The van der Waals surface area contributed by atoms with Gasteiger partial charge in [0.15, 0.2) is 0 Å². The van der Waals surface area contributed by atoms with Gasteiger partial charge in [-0.15, -0.1) is 0 Å². The standard InChI is InChI=1S/C17H14N2O4/c1-22-16-13(8-15(18)20)12-5-4-10(7-14(12)23-17(16)21)11-3-2-6-19-9-11/h2-7,9H,8H2,1H3,(H2,18,20). The Labute approximate surface area is 131 Å². The number of pyridine rings is 1. The number of carbonyl (C=O) groups is 1. The second kappa shape index (κ2) is 5.92. The van der Waals surface area contributed by atoms with E-state index in [9.17, 15) is 9.59 Å². The molecule has 0 unspecified atom stereocenters. The zero-order valence-corrected chi connectivity index (χ0v) is 12.4. The summed E-state index contributed by atoms with van der Waals surface area (Å²) in [6.45, 7) is 0. The summed E-state index contributed by atoms with van der Waals surface area (Å²) < 4.78 is 10.4. The summed E-state index contributed by atoms with van der Waals surface area (Å²) in [6.07, 6.45) is 3.30. The largest absolute Gasteiger partial charge is 0.490 e. The summed E-state index contributed by atoms with van der Waals surface area (Å²) in [7, 11) is 1.35. The molecule has 0 aliphatic rings. The molecule has 0 atom stereocenters. The van der Waals surface area contributed by atoms with Gasteiger partial charge in [-0.05, 0) is 17.7 Å². The molecule has 1 amide bonds. The third-order valence-corrected chi connectivity index (χ3v) is 3.52. The van der Waals surface area contributed by atoms with E-state index in [1.165, 1.54) is 7.11 Å². The molecule has 2 aromatic heterocycles. The molecule has 2 N–H and O–H groups in total. The fourth-order valence-electron chi connectivity index (χ4n) is 2.52. The number of ether oxygens (including phenoxy) is 1. The number of rotatable bonds is 4. The molecule has 0 saturated carbocycles. The quantitative estimate of drug-likeness (QED) is 0.742. The number of amides is 1. The summed E-state index contributed by atoms with van der Waals surface area (Å²) in [5, 5.41) is 0.618. The van der Waals surface area contributed by atoms with Crippen LogP contribution in [0.4, 0.5) is 0 Å². The number of nitrogens with two attached hydrogens (primary N) is 1. The van der Waals surface area contributed by atoms with Gasteiger partial charge in [-0.1, -0.05) is 18.2 Å². The maximum absolute atomic E-state index is 12.1. The molecule has 0 radical (unpaired) electrons. The van der Waals surface area contributed by atoms with Crippen LogP contribution in [0.3, 0.4) is 0 Å². The average Bonchev–Trinajstić information content (AvgIpc) is 2.55. The number of hydrogen-bond acceptors (Lipinski definition) is 5. The maximum atomic E-state index is 12.1. The van der Waals surface area contributed by atoms with Crippen LogP contribution in [-0.2, 0) is 11.2 Å². The lowest BCUT2D eigenvalue weighted by molar-refractivity contribution is -0.117.